The van der Waals surface area contributed by atoms with Gasteiger partial charge < -0.3 is 14.2 Å². The maximum absolute atomic E-state index is 14.5. The molecule has 0 N–H and O–H groups in total. The number of nitrogens with zero attached hydrogens (tertiary/aromatic N) is 2. The van der Waals surface area contributed by atoms with Crippen molar-refractivity contribution in [3.05, 3.63) is 121 Å². The first-order chi connectivity index (χ1) is 22.1. The van der Waals surface area contributed by atoms with Gasteiger partial charge in [0.25, 0.3) is 18.1 Å². The fourth-order valence-corrected chi connectivity index (χ4v) is 5.92. The van der Waals surface area contributed by atoms with Crippen LogP contribution in [0.25, 0.3) is 0 Å². The van der Waals surface area contributed by atoms with Crippen LogP contribution < -0.4 is 4.74 Å². The van der Waals surface area contributed by atoms with Crippen molar-refractivity contribution in [1.82, 2.24) is 10.0 Å². The molecule has 0 radical (unpaired) electrons. The van der Waals surface area contributed by atoms with Gasteiger partial charge in [0.2, 0.25) is 0 Å². The van der Waals surface area contributed by atoms with Crippen molar-refractivity contribution < 1.29 is 33.4 Å². The summed E-state index contributed by atoms with van der Waals surface area (Å²) in [6.07, 6.45) is -2.76. The third kappa shape index (κ3) is 7.89. The lowest BCUT2D eigenvalue weighted by molar-refractivity contribution is -0.102. The van der Waals surface area contributed by atoms with Crippen LogP contribution in [0.1, 0.15) is 90.8 Å². The lowest BCUT2D eigenvalue weighted by atomic mass is 10.0. The molecule has 3 aromatic carbocycles. The number of hydrazine groups is 1. The number of amides is 3. The second kappa shape index (κ2) is 14.2. The number of hydrogen-bond donors (Lipinski definition) is 0. The third-order valence-electron chi connectivity index (χ3n) is 7.42. The highest BCUT2D eigenvalue weighted by molar-refractivity contribution is 7.12. The Morgan fingerprint density at radius 1 is 0.766 bits per heavy atom. The van der Waals surface area contributed by atoms with Gasteiger partial charge >= 0.3 is 12.1 Å². The van der Waals surface area contributed by atoms with E-state index in [9.17, 15) is 19.2 Å². The van der Waals surface area contributed by atoms with Gasteiger partial charge in [0.05, 0.1) is 12.6 Å². The zero-order valence-electron chi connectivity index (χ0n) is 28.2. The highest BCUT2D eigenvalue weighted by Gasteiger charge is 2.43. The summed E-state index contributed by atoms with van der Waals surface area (Å²) in [5.74, 6) is -1.71. The number of imide groups is 1. The summed E-state index contributed by atoms with van der Waals surface area (Å²) >= 11 is 1.20. The molecule has 0 fully saturated rings. The van der Waals surface area contributed by atoms with Crippen molar-refractivity contribution in [2.24, 2.45) is 0 Å². The van der Waals surface area contributed by atoms with Gasteiger partial charge in [0, 0.05) is 22.3 Å². The predicted octanol–water partition coefficient (Wildman–Crippen LogP) is 8.29. The van der Waals surface area contributed by atoms with Gasteiger partial charge in [-0.3, -0.25) is 9.59 Å². The van der Waals surface area contributed by atoms with E-state index in [1.54, 1.807) is 101 Å². The Hall–Kier alpha value is -4.96. The van der Waals surface area contributed by atoms with E-state index in [1.807, 2.05) is 26.8 Å². The van der Waals surface area contributed by atoms with Crippen molar-refractivity contribution in [1.29, 1.82) is 0 Å². The van der Waals surface area contributed by atoms with E-state index < -0.39 is 35.7 Å². The lowest BCUT2D eigenvalue weighted by Gasteiger charge is -2.42. The molecule has 1 heterocycles. The van der Waals surface area contributed by atoms with Crippen molar-refractivity contribution in [2.45, 2.75) is 67.2 Å². The Morgan fingerprint density at radius 3 is 1.96 bits per heavy atom. The first kappa shape index (κ1) is 34.9. The van der Waals surface area contributed by atoms with Gasteiger partial charge in [-0.1, -0.05) is 53.1 Å². The minimum Gasteiger partial charge on any atom is -0.496 e. The maximum Gasteiger partial charge on any atom is 0.439 e. The number of benzene rings is 3. The van der Waals surface area contributed by atoms with E-state index in [0.717, 1.165) is 21.7 Å². The van der Waals surface area contributed by atoms with Crippen LogP contribution >= 0.6 is 11.3 Å². The van der Waals surface area contributed by atoms with Gasteiger partial charge in [-0.15, -0.1) is 16.3 Å². The number of methoxy groups -OCH3 is 1. The maximum atomic E-state index is 14.5. The van der Waals surface area contributed by atoms with Crippen molar-refractivity contribution in [3.63, 3.8) is 0 Å². The fraction of sp³-hybridized carbons (Fsp3) is 0.297. The Morgan fingerprint density at radius 2 is 1.40 bits per heavy atom. The summed E-state index contributed by atoms with van der Waals surface area (Å²) in [4.78, 5) is 57.0. The van der Waals surface area contributed by atoms with Crippen LogP contribution in [0.3, 0.4) is 0 Å². The number of hydrogen-bond acceptors (Lipinski definition) is 8. The van der Waals surface area contributed by atoms with E-state index in [1.165, 1.54) is 18.4 Å². The van der Waals surface area contributed by atoms with Gasteiger partial charge in [-0.25, -0.2) is 14.6 Å². The molecular weight excluding hydrogens is 616 g/mol. The molecular formula is C37H40N2O7S. The Balaban J connectivity index is 1.86. The molecule has 4 aromatic rings. The highest BCUT2D eigenvalue weighted by atomic mass is 32.1. The topological polar surface area (TPSA) is 102 Å². The molecule has 4 rings (SSSR count). The number of esters is 1. The Labute approximate surface area is 279 Å². The van der Waals surface area contributed by atoms with E-state index >= 15 is 0 Å². The first-order valence-electron chi connectivity index (χ1n) is 15.1. The molecule has 1 aromatic heterocycles. The molecule has 9 nitrogen and oxygen atoms in total. The number of rotatable bonds is 7. The fourth-order valence-electron chi connectivity index (χ4n) is 5.11. The van der Waals surface area contributed by atoms with E-state index in [0.29, 0.717) is 32.3 Å². The molecule has 47 heavy (non-hydrogen) atoms. The molecule has 0 bridgehead atoms. The standard InChI is InChI=1S/C37H40N2O7S/c1-22-13-15-27(16-14-22)35(45-34(42)31-25(4)17-18-47-31)46-36(43)38(33(41)29-11-10-12-30(44-9)26(29)5)39(37(6,7)8)32(40)28-20-23(2)19-24(3)21-28/h10-21,35H,1-9H3. The number of carbonyl (C=O) groups is 4. The molecule has 1 unspecified atom stereocenters. The quantitative estimate of drug-likeness (QED) is 0.112. The molecule has 3 amide bonds. The minimum atomic E-state index is -1.54. The summed E-state index contributed by atoms with van der Waals surface area (Å²) in [7, 11) is 1.48. The third-order valence-corrected chi connectivity index (χ3v) is 8.41. The zero-order chi connectivity index (χ0) is 34.6. The summed E-state index contributed by atoms with van der Waals surface area (Å²) in [6, 6.07) is 18.9. The molecule has 0 aliphatic rings. The number of aryl methyl sites for hydroxylation is 4. The highest BCUT2D eigenvalue weighted by Crippen LogP contribution is 2.30. The van der Waals surface area contributed by atoms with Crippen LogP contribution in [-0.2, 0) is 9.47 Å². The molecule has 246 valence electrons. The second-order valence-corrected chi connectivity index (χ2v) is 13.3. The monoisotopic (exact) mass is 656 g/mol. The second-order valence-electron chi connectivity index (χ2n) is 12.4. The van der Waals surface area contributed by atoms with Crippen molar-refractivity contribution in [2.75, 3.05) is 7.11 Å². The van der Waals surface area contributed by atoms with Crippen LogP contribution in [-0.4, -0.2) is 46.5 Å². The van der Waals surface area contributed by atoms with Crippen LogP contribution in [0.4, 0.5) is 4.79 Å². The number of ether oxygens (including phenoxy) is 3. The number of thiophene rings is 1. The SMILES string of the molecule is COc1cccc(C(=O)N(C(=O)OC(OC(=O)c2sccc2C)c2ccc(C)cc2)N(C(=O)c2cc(C)cc(C)c2)C(C)(C)C)c1C. The van der Waals surface area contributed by atoms with Gasteiger partial charge in [0.15, 0.2) is 0 Å². The van der Waals surface area contributed by atoms with Gasteiger partial charge in [-0.2, -0.15) is 0 Å². The molecule has 10 heteroatoms. The largest absolute Gasteiger partial charge is 0.496 e. The average Bonchev–Trinajstić information content (AvgIpc) is 3.44. The molecule has 0 aliphatic carbocycles. The summed E-state index contributed by atoms with van der Waals surface area (Å²) in [5, 5.41) is 3.53. The normalized spacial score (nSPS) is 11.8. The van der Waals surface area contributed by atoms with Crippen molar-refractivity contribution in [3.8, 4) is 5.75 Å². The molecule has 0 saturated carbocycles. The van der Waals surface area contributed by atoms with Gasteiger partial charge in [0.1, 0.15) is 10.6 Å². The molecule has 0 spiro atoms. The average molecular weight is 657 g/mol. The first-order valence-corrected chi connectivity index (χ1v) is 15.9. The smallest absolute Gasteiger partial charge is 0.439 e. The van der Waals surface area contributed by atoms with Crippen LogP contribution in [0.2, 0.25) is 0 Å². The summed E-state index contributed by atoms with van der Waals surface area (Å²) in [6.45, 7) is 14.2. The van der Waals surface area contributed by atoms with E-state index in [2.05, 4.69) is 0 Å². The van der Waals surface area contributed by atoms with Crippen LogP contribution in [0, 0.1) is 34.6 Å². The molecule has 1 atom stereocenters. The van der Waals surface area contributed by atoms with Crippen molar-refractivity contribution >= 4 is 35.2 Å². The summed E-state index contributed by atoms with van der Waals surface area (Å²) in [5.41, 5.74) is 3.41. The lowest BCUT2D eigenvalue weighted by Crippen LogP contribution is -2.60. The Kier molecular flexibility index (Phi) is 10.6. The summed E-state index contributed by atoms with van der Waals surface area (Å²) < 4.78 is 17.1. The molecule has 0 aliphatic heterocycles. The van der Waals surface area contributed by atoms with E-state index in [4.69, 9.17) is 14.2 Å². The van der Waals surface area contributed by atoms with Crippen LogP contribution in [0.15, 0.2) is 72.1 Å². The zero-order valence-corrected chi connectivity index (χ0v) is 29.0. The predicted molar refractivity (Wildman–Crippen MR) is 181 cm³/mol. The molecule has 0 saturated heterocycles. The van der Waals surface area contributed by atoms with Crippen LogP contribution in [0.5, 0.6) is 5.75 Å². The number of carbonyl (C=O) groups excluding carboxylic acids is 4. The Bertz CT molecular complexity index is 1780. The van der Waals surface area contributed by atoms with E-state index in [-0.39, 0.29) is 11.1 Å². The minimum absolute atomic E-state index is 0.113. The van der Waals surface area contributed by atoms with Gasteiger partial charge in [-0.05, 0) is 96.7 Å².